The van der Waals surface area contributed by atoms with Crippen molar-refractivity contribution in [1.29, 1.82) is 0 Å². The summed E-state index contributed by atoms with van der Waals surface area (Å²) in [4.78, 5) is 11.9. The normalized spacial score (nSPS) is 18.9. The molecule has 0 radical (unpaired) electrons. The van der Waals surface area contributed by atoms with Gasteiger partial charge in [-0.05, 0) is 40.3 Å². The van der Waals surface area contributed by atoms with E-state index in [1.54, 1.807) is 6.07 Å². The topological polar surface area (TPSA) is 42.2 Å². The van der Waals surface area contributed by atoms with Gasteiger partial charge in [0.1, 0.15) is 0 Å². The number of amides is 1. The Morgan fingerprint density at radius 2 is 2.18 bits per heavy atom. The van der Waals surface area contributed by atoms with Crippen molar-refractivity contribution in [3.8, 4) is 0 Å². The van der Waals surface area contributed by atoms with Gasteiger partial charge in [0.15, 0.2) is 4.67 Å². The average molecular weight is 300 g/mol. The van der Waals surface area contributed by atoms with Crippen molar-refractivity contribution in [1.82, 2.24) is 5.32 Å². The van der Waals surface area contributed by atoms with Crippen LogP contribution in [0.1, 0.15) is 49.4 Å². The number of rotatable bonds is 3. The van der Waals surface area contributed by atoms with E-state index in [4.69, 9.17) is 4.42 Å². The lowest BCUT2D eigenvalue weighted by Crippen LogP contribution is -2.36. The Balaban J connectivity index is 1.90. The Labute approximate surface area is 110 Å². The zero-order valence-corrected chi connectivity index (χ0v) is 11.7. The zero-order chi connectivity index (χ0) is 12.3. The molecule has 0 saturated heterocycles. The predicted molar refractivity (Wildman–Crippen MR) is 69.9 cm³/mol. The third-order valence-corrected chi connectivity index (χ3v) is 4.21. The van der Waals surface area contributed by atoms with E-state index >= 15 is 0 Å². The Kier molecular flexibility index (Phi) is 3.92. The highest BCUT2D eigenvalue weighted by Crippen LogP contribution is 2.35. The molecule has 0 bridgehead atoms. The van der Waals surface area contributed by atoms with Gasteiger partial charge < -0.3 is 9.73 Å². The highest BCUT2D eigenvalue weighted by atomic mass is 79.9. The van der Waals surface area contributed by atoms with Gasteiger partial charge in [-0.3, -0.25) is 4.79 Å². The minimum Gasteiger partial charge on any atom is -0.457 e. The summed E-state index contributed by atoms with van der Waals surface area (Å²) >= 11 is 3.22. The quantitative estimate of drug-likeness (QED) is 0.924. The fourth-order valence-electron chi connectivity index (χ4n) is 2.43. The van der Waals surface area contributed by atoms with Gasteiger partial charge in [0, 0.05) is 6.54 Å². The van der Waals surface area contributed by atoms with E-state index in [2.05, 4.69) is 28.2 Å². The van der Waals surface area contributed by atoms with Crippen molar-refractivity contribution >= 4 is 21.8 Å². The number of hydrogen-bond donors (Lipinski definition) is 1. The van der Waals surface area contributed by atoms with Crippen LogP contribution in [0.2, 0.25) is 0 Å². The molecule has 1 amide bonds. The Morgan fingerprint density at radius 3 is 2.76 bits per heavy atom. The number of halogens is 1. The fourth-order valence-corrected chi connectivity index (χ4v) is 2.85. The second-order valence-corrected chi connectivity index (χ2v) is 5.88. The number of carbonyl (C=O) groups excluding carboxylic acids is 1. The minimum absolute atomic E-state index is 0.0579. The van der Waals surface area contributed by atoms with Gasteiger partial charge in [-0.15, -0.1) is 0 Å². The van der Waals surface area contributed by atoms with Crippen LogP contribution in [-0.4, -0.2) is 12.5 Å². The van der Waals surface area contributed by atoms with Crippen molar-refractivity contribution < 1.29 is 9.21 Å². The molecule has 1 aliphatic rings. The fraction of sp³-hybridized carbons (Fsp3) is 0.615. The molecule has 1 fully saturated rings. The smallest absolute Gasteiger partial charge is 0.255 e. The van der Waals surface area contributed by atoms with Crippen LogP contribution in [0.25, 0.3) is 0 Å². The summed E-state index contributed by atoms with van der Waals surface area (Å²) in [5, 5.41) is 3.01. The first-order valence-electron chi connectivity index (χ1n) is 6.12. The van der Waals surface area contributed by atoms with E-state index in [-0.39, 0.29) is 11.3 Å². The molecule has 1 heterocycles. The number of carbonyl (C=O) groups is 1. The molecule has 17 heavy (non-hydrogen) atoms. The second kappa shape index (κ2) is 5.25. The Bertz CT molecular complexity index is 394. The van der Waals surface area contributed by atoms with Gasteiger partial charge >= 0.3 is 0 Å². The van der Waals surface area contributed by atoms with Gasteiger partial charge in [-0.1, -0.05) is 26.2 Å². The van der Waals surface area contributed by atoms with Crippen molar-refractivity contribution in [3.63, 3.8) is 0 Å². The lowest BCUT2D eigenvalue weighted by molar-refractivity contribution is 0.0917. The lowest BCUT2D eigenvalue weighted by atomic mass is 9.76. The van der Waals surface area contributed by atoms with Gasteiger partial charge in [0.2, 0.25) is 0 Å². The van der Waals surface area contributed by atoms with E-state index in [1.165, 1.54) is 38.4 Å². The minimum atomic E-state index is -0.0579. The molecular weight excluding hydrogens is 282 g/mol. The highest BCUT2D eigenvalue weighted by Gasteiger charge is 2.27. The van der Waals surface area contributed by atoms with Gasteiger partial charge in [-0.2, -0.15) is 0 Å². The predicted octanol–water partition coefficient (Wildman–Crippen LogP) is 3.74. The molecule has 1 saturated carbocycles. The average Bonchev–Trinajstić information content (AvgIpc) is 2.74. The molecule has 1 N–H and O–H groups in total. The summed E-state index contributed by atoms with van der Waals surface area (Å²) in [5.41, 5.74) is 0.842. The molecule has 3 nitrogen and oxygen atoms in total. The van der Waals surface area contributed by atoms with E-state index < -0.39 is 0 Å². The molecule has 1 aromatic heterocycles. The molecule has 0 aromatic carbocycles. The maximum atomic E-state index is 11.9. The standard InChI is InChI=1S/C13H18BrNO2/c1-13(6-3-2-4-7-13)9-15-12(16)10-5-8-17-11(10)14/h5,8H,2-4,6-7,9H2,1H3,(H,15,16). The molecular formula is C13H18BrNO2. The maximum Gasteiger partial charge on any atom is 0.255 e. The van der Waals surface area contributed by atoms with E-state index in [1.807, 2.05) is 0 Å². The van der Waals surface area contributed by atoms with Crippen LogP contribution in [0.15, 0.2) is 21.4 Å². The van der Waals surface area contributed by atoms with Gasteiger partial charge in [0.25, 0.3) is 5.91 Å². The van der Waals surface area contributed by atoms with Crippen LogP contribution in [0.3, 0.4) is 0 Å². The van der Waals surface area contributed by atoms with Crippen LogP contribution >= 0.6 is 15.9 Å². The Morgan fingerprint density at radius 1 is 1.47 bits per heavy atom. The summed E-state index contributed by atoms with van der Waals surface area (Å²) in [6, 6.07) is 1.68. The van der Waals surface area contributed by atoms with E-state index in [0.29, 0.717) is 10.2 Å². The first-order chi connectivity index (χ1) is 8.11. The summed E-state index contributed by atoms with van der Waals surface area (Å²) in [7, 11) is 0. The number of hydrogen-bond acceptors (Lipinski definition) is 2. The van der Waals surface area contributed by atoms with Gasteiger partial charge in [-0.25, -0.2) is 0 Å². The van der Waals surface area contributed by atoms with Gasteiger partial charge in [0.05, 0.1) is 11.8 Å². The lowest BCUT2D eigenvalue weighted by Gasteiger charge is -2.33. The van der Waals surface area contributed by atoms with Crippen LogP contribution in [0, 0.1) is 5.41 Å². The number of nitrogens with one attached hydrogen (secondary N) is 1. The van der Waals surface area contributed by atoms with Crippen LogP contribution in [0.5, 0.6) is 0 Å². The van der Waals surface area contributed by atoms with Crippen LogP contribution in [-0.2, 0) is 0 Å². The molecule has 0 aliphatic heterocycles. The molecule has 1 aliphatic carbocycles. The van der Waals surface area contributed by atoms with E-state index in [9.17, 15) is 4.79 Å². The largest absolute Gasteiger partial charge is 0.457 e. The first-order valence-corrected chi connectivity index (χ1v) is 6.91. The first kappa shape index (κ1) is 12.7. The molecule has 0 atom stereocenters. The summed E-state index contributed by atoms with van der Waals surface area (Å²) in [6.45, 7) is 3.01. The molecule has 4 heteroatoms. The monoisotopic (exact) mass is 299 g/mol. The SMILES string of the molecule is CC1(CNC(=O)c2ccoc2Br)CCCCC1. The second-order valence-electron chi connectivity index (χ2n) is 5.16. The molecule has 94 valence electrons. The highest BCUT2D eigenvalue weighted by molar-refractivity contribution is 9.10. The molecule has 2 rings (SSSR count). The molecule has 0 unspecified atom stereocenters. The number of furan rings is 1. The van der Waals surface area contributed by atoms with Crippen LogP contribution < -0.4 is 5.32 Å². The van der Waals surface area contributed by atoms with E-state index in [0.717, 1.165) is 6.54 Å². The van der Waals surface area contributed by atoms with Crippen molar-refractivity contribution in [2.24, 2.45) is 5.41 Å². The summed E-state index contributed by atoms with van der Waals surface area (Å²) in [5.74, 6) is -0.0579. The third-order valence-electron chi connectivity index (χ3n) is 3.60. The Hall–Kier alpha value is -0.770. The summed E-state index contributed by atoms with van der Waals surface area (Å²) < 4.78 is 5.56. The molecule has 1 aromatic rings. The van der Waals surface area contributed by atoms with Crippen LogP contribution in [0.4, 0.5) is 0 Å². The molecule has 0 spiro atoms. The maximum absolute atomic E-state index is 11.9. The van der Waals surface area contributed by atoms with Crippen molar-refractivity contribution in [3.05, 3.63) is 22.6 Å². The zero-order valence-electron chi connectivity index (χ0n) is 10.1. The van der Waals surface area contributed by atoms with Crippen molar-refractivity contribution in [2.45, 2.75) is 39.0 Å². The van der Waals surface area contributed by atoms with Crippen molar-refractivity contribution in [2.75, 3.05) is 6.54 Å². The summed E-state index contributed by atoms with van der Waals surface area (Å²) in [6.07, 6.45) is 7.82. The third kappa shape index (κ3) is 3.12.